The number of phenols is 3. The molecule has 8 aliphatic rings. The number of aliphatic hydroxyl groups is 8. The van der Waals surface area contributed by atoms with Gasteiger partial charge in [0.2, 0.25) is 53.4 Å². The molecule has 23 atom stereocenters. The molecule has 7 aromatic carbocycles. The molecule has 0 radical (unpaired) electrons. The van der Waals surface area contributed by atoms with Crippen LogP contribution in [0.15, 0.2) is 121 Å². The lowest BCUT2D eigenvalue weighted by molar-refractivity contribution is -0.350. The number of rotatable bonds is 22. The predicted octanol–water partition coefficient (Wildman–Crippen LogP) is 1.96. The Kier molecular flexibility index (Phi) is 30.6. The van der Waals surface area contributed by atoms with E-state index in [9.17, 15) is 80.5 Å². The van der Waals surface area contributed by atoms with Crippen molar-refractivity contribution in [3.05, 3.63) is 186 Å². The van der Waals surface area contributed by atoms with Gasteiger partial charge in [0, 0.05) is 59.9 Å². The first-order chi connectivity index (χ1) is 62.1. The summed E-state index contributed by atoms with van der Waals surface area (Å²) in [7, 11) is 1.46. The van der Waals surface area contributed by atoms with Crippen molar-refractivity contribution in [1.82, 2.24) is 47.9 Å². The molecule has 3 fully saturated rings. The summed E-state index contributed by atoms with van der Waals surface area (Å²) in [5, 5.41) is 163. The van der Waals surface area contributed by atoms with Crippen LogP contribution in [0.4, 0.5) is 0 Å². The molecular weight excluding hydrogens is 1800 g/mol. The number of amides is 8. The number of primary amides is 1. The zero-order valence-electron chi connectivity index (χ0n) is 70.2. The Morgan fingerprint density at radius 3 is 1.87 bits per heavy atom. The normalized spacial score (nSPS) is 28.9. The van der Waals surface area contributed by atoms with Crippen molar-refractivity contribution < 1.29 is 142 Å². The van der Waals surface area contributed by atoms with Gasteiger partial charge in [-0.3, -0.25) is 38.4 Å². The smallest absolute Gasteiger partial charge is 0.330 e. The van der Waals surface area contributed by atoms with E-state index < -0.39 is 290 Å². The van der Waals surface area contributed by atoms with Crippen LogP contribution in [0.25, 0.3) is 11.1 Å². The lowest BCUT2D eigenvalue weighted by Gasteiger charge is -2.46. The number of likely N-dealkylation sites (N-methyl/N-ethyl adjacent to an activating group) is 1. The molecule has 15 rings (SSSR count). The molecule has 0 aliphatic carbocycles. The number of carbonyl (C=O) groups is 9. The van der Waals surface area contributed by atoms with Crippen LogP contribution in [-0.2, 0) is 75.1 Å². The minimum atomic E-state index is -2.44. The van der Waals surface area contributed by atoms with Crippen molar-refractivity contribution in [2.75, 3.05) is 20.2 Å². The van der Waals surface area contributed by atoms with Crippen molar-refractivity contribution in [3.63, 3.8) is 0 Å². The van der Waals surface area contributed by atoms with Crippen LogP contribution in [-0.4, -0.2) is 244 Å². The second-order valence-corrected chi connectivity index (χ2v) is 34.7. The van der Waals surface area contributed by atoms with Crippen LogP contribution >= 0.6 is 46.4 Å². The van der Waals surface area contributed by atoms with Gasteiger partial charge >= 0.3 is 5.97 Å². The van der Waals surface area contributed by atoms with E-state index in [-0.39, 0.29) is 49.5 Å². The molecule has 8 aliphatic heterocycles. The first-order valence-corrected chi connectivity index (χ1v) is 42.7. The van der Waals surface area contributed by atoms with Gasteiger partial charge in [0.05, 0.1) is 51.4 Å². The summed E-state index contributed by atoms with van der Waals surface area (Å²) in [6.45, 7) is 5.36. The maximum Gasteiger partial charge on any atom is 0.330 e. The van der Waals surface area contributed by atoms with Crippen molar-refractivity contribution >= 4 is 99.6 Å². The fraction of sp³-hybridized carbons (Fsp3) is 0.414. The summed E-state index contributed by atoms with van der Waals surface area (Å²) in [6.07, 6.45) is -29.6. The third-order valence-corrected chi connectivity index (χ3v) is 24.3. The number of aromatic hydroxyl groups is 3. The van der Waals surface area contributed by atoms with Crippen molar-refractivity contribution in [2.24, 2.45) is 17.4 Å². The molecule has 8 amide bonds. The number of aliphatic hydroxyl groups excluding tert-OH is 8. The van der Waals surface area contributed by atoms with Gasteiger partial charge in [-0.05, 0) is 145 Å². The third-order valence-electron chi connectivity index (χ3n) is 23.0. The number of carboxylic acids is 1. The molecular formula is C87H97Cl4N11O29. The average molecular weight is 1900 g/mol. The van der Waals surface area contributed by atoms with Crippen LogP contribution in [0.2, 0.25) is 20.1 Å². The van der Waals surface area contributed by atoms with Crippen LogP contribution in [0.5, 0.6) is 46.0 Å². The first-order valence-electron chi connectivity index (χ1n) is 41.2. The van der Waals surface area contributed by atoms with Crippen molar-refractivity contribution in [3.8, 4) is 57.1 Å². The Bertz CT molecular complexity index is 5490. The summed E-state index contributed by atoms with van der Waals surface area (Å²) < 4.78 is 51.2. The maximum absolute atomic E-state index is 16.5. The van der Waals surface area contributed by atoms with Gasteiger partial charge < -0.3 is 158 Å². The minimum absolute atomic E-state index is 0.0889. The van der Waals surface area contributed by atoms with Crippen molar-refractivity contribution in [2.45, 2.75) is 200 Å². The number of aliphatic carboxylic acids is 1. The van der Waals surface area contributed by atoms with E-state index in [1.54, 1.807) is 56.3 Å². The number of carboxylic acid groups (broad SMARTS) is 1. The Labute approximate surface area is 766 Å². The summed E-state index contributed by atoms with van der Waals surface area (Å²) in [4.78, 5) is 133. The fourth-order valence-corrected chi connectivity index (χ4v) is 16.8. The standard InChI is InChI=1S/C87H97Cl4N11O29/c1-33(2)18-49(94-5)78(116)101-65-67(108)39-12-16-53(47(90)21-39)125-55-23-41-24-56(74(55)130-86-72(113)70(111)75(58(32-103)128-86)131-85-71(112)69(110)68(109)57(127-85)31-95-29-35-6-9-37(10-7-35)77(115)96-30-36-8-14-45(88)46(89)19-36)126-54-17-13-40(22-48(54)91)73(129-60-28-87(4,93)76(114)34(3)124-60)66-83(121)100-64(84(122)123)44-25-42(104)26-52(106)61(44)43-20-38(11-15-51(43)105)62(80(118)102-66)99-81(119)63(41)98-79(117)50(27-59(92)107)97-82(65)120/h6-17,19-26,33-34,49-50,57-58,60,62-73,75-76,85-86,94-95,103-106,108-114H,18,27-32,93H2,1-5H3,(H2,92,107)(H,96,115)(H,97,120)(H,98,117)(H,99,119)(H,100,121)(H,101,116)(H,102,118)(H,122,123)/t34-,49+,50-,57+,58+,60?,62+,63+,64+,65+,66-,67+,68-,69-,70+,71+,72+,73+,75+,76-,85-,86-,87-/m0/s1. The summed E-state index contributed by atoms with van der Waals surface area (Å²) >= 11 is 26.7. The van der Waals surface area contributed by atoms with Gasteiger partial charge in [-0.2, -0.15) is 0 Å². The number of hydrogen-bond donors (Lipinski definition) is 23. The van der Waals surface area contributed by atoms with Gasteiger partial charge in [0.15, 0.2) is 30.1 Å². The molecule has 11 bridgehead atoms. The number of benzene rings is 7. The largest absolute Gasteiger partial charge is 0.508 e. The second kappa shape index (κ2) is 41.1. The molecule has 44 heteroatoms. The van der Waals surface area contributed by atoms with Gasteiger partial charge in [-0.1, -0.05) is 96.6 Å². The molecule has 8 heterocycles. The Morgan fingerprint density at radius 2 is 1.24 bits per heavy atom. The van der Waals surface area contributed by atoms with Gasteiger partial charge in [-0.15, -0.1) is 0 Å². The zero-order chi connectivity index (χ0) is 94.8. The summed E-state index contributed by atoms with van der Waals surface area (Å²) in [6, 6.07) is 10.2. The molecule has 0 spiro atoms. The van der Waals surface area contributed by atoms with E-state index in [4.69, 9.17) is 95.8 Å². The molecule has 702 valence electrons. The average Bonchev–Trinajstić information content (AvgIpc) is 0.763. The Balaban J connectivity index is 0.929. The van der Waals surface area contributed by atoms with Crippen LogP contribution < -0.4 is 73.5 Å². The Hall–Kier alpha value is -10.9. The highest BCUT2D eigenvalue weighted by atomic mass is 35.5. The molecule has 1 unspecified atom stereocenters. The van der Waals surface area contributed by atoms with E-state index in [0.29, 0.717) is 26.7 Å². The lowest BCUT2D eigenvalue weighted by Crippen LogP contribution is -2.65. The number of nitrogens with one attached hydrogen (secondary N) is 9. The fourth-order valence-electron chi connectivity index (χ4n) is 16.1. The van der Waals surface area contributed by atoms with Gasteiger partial charge in [-0.25, -0.2) is 4.79 Å². The number of nitrogens with two attached hydrogens (primary N) is 2. The number of carbonyl (C=O) groups excluding carboxylic acids is 8. The highest BCUT2D eigenvalue weighted by Crippen LogP contribution is 2.51. The maximum atomic E-state index is 16.5. The number of phenolic OH excluding ortho intramolecular Hbond substituents is 3. The topological polar surface area (TPSA) is 631 Å². The molecule has 0 aromatic heterocycles. The van der Waals surface area contributed by atoms with E-state index in [1.807, 2.05) is 0 Å². The minimum Gasteiger partial charge on any atom is -0.508 e. The molecule has 25 N–H and O–H groups in total. The SMILES string of the molecule is CN[C@H](CC(C)C)C(=O)N[C@H]1C(=O)N[C@@H](CC(N)=O)C(=O)N[C@H]2C(=O)N[C@H]3C(=O)N[C@H](C(=O)N[C@@H](C(=O)O)c4cc(O)cc(O)c4-c4cc3ccc4O)[C@H](OC3C[C@](C)(N)[C@@H](O)[C@H](C)O3)c3ccc(c(Cl)c3)Oc3cc2cc(c3O[C@@H]2O[C@H](CO)[C@@H](O[C@@H]3O[C@H](CNCc4ccc(C(=O)NCc5ccc(Cl)c(Cl)c5)cc4)[C@H](O)[C@H](O)[C@H]3O)[C@H](O)[C@H]2O)Oc2ccc(cc2Cl)[C@H]1O. The Morgan fingerprint density at radius 1 is 0.611 bits per heavy atom. The van der Waals surface area contributed by atoms with Crippen LogP contribution in [0, 0.1) is 5.92 Å². The second-order valence-electron chi connectivity index (χ2n) is 33.1. The van der Waals surface area contributed by atoms with E-state index in [1.165, 1.54) is 33.0 Å². The summed E-state index contributed by atoms with van der Waals surface area (Å²) in [5.41, 5.74) is 9.58. The van der Waals surface area contributed by atoms with Crippen LogP contribution in [0.3, 0.4) is 0 Å². The van der Waals surface area contributed by atoms with E-state index >= 15 is 24.0 Å². The zero-order valence-corrected chi connectivity index (χ0v) is 73.3. The summed E-state index contributed by atoms with van der Waals surface area (Å²) in [5.74, 6) is -17.2. The molecule has 3 saturated heterocycles. The third kappa shape index (κ3) is 21.9. The lowest BCUT2D eigenvalue weighted by atomic mass is 9.86. The highest BCUT2D eigenvalue weighted by molar-refractivity contribution is 6.42. The number of ether oxygens (including phenoxy) is 8. The number of halogens is 4. The van der Waals surface area contributed by atoms with Gasteiger partial charge in [0.25, 0.3) is 5.91 Å². The van der Waals surface area contributed by atoms with Crippen molar-refractivity contribution in [1.29, 1.82) is 0 Å². The first kappa shape index (κ1) is 97.6. The predicted molar refractivity (Wildman–Crippen MR) is 461 cm³/mol. The highest BCUT2D eigenvalue weighted by Gasteiger charge is 2.53. The molecule has 7 aromatic rings. The van der Waals surface area contributed by atoms with Gasteiger partial charge in [0.1, 0.15) is 120 Å². The van der Waals surface area contributed by atoms with Crippen LogP contribution in [0.1, 0.15) is 127 Å². The molecule has 131 heavy (non-hydrogen) atoms. The monoisotopic (exact) mass is 1900 g/mol. The molecule has 0 saturated carbocycles. The molecule has 40 nitrogen and oxygen atoms in total. The van der Waals surface area contributed by atoms with E-state index in [2.05, 4.69) is 47.9 Å². The quantitative estimate of drug-likeness (QED) is 0.0461. The number of hydrogen-bond acceptors (Lipinski definition) is 31. The van der Waals surface area contributed by atoms with E-state index in [0.717, 1.165) is 66.7 Å². The number of fused-ring (bicyclic) bond motifs is 15.